The number of unbranched alkanes of at least 4 members (excludes halogenated alkanes) is 7. The van der Waals surface area contributed by atoms with Gasteiger partial charge >= 0.3 is 0 Å². The number of ether oxygens (including phenoxy) is 1. The summed E-state index contributed by atoms with van der Waals surface area (Å²) < 4.78 is 5.24. The lowest BCUT2D eigenvalue weighted by molar-refractivity contribution is 0.0781. The van der Waals surface area contributed by atoms with Crippen LogP contribution in [0.3, 0.4) is 0 Å². The number of aliphatic hydroxyl groups excluding tert-OH is 1. The monoisotopic (exact) mass is 259 g/mol. The Morgan fingerprint density at radius 1 is 0.833 bits per heavy atom. The van der Waals surface area contributed by atoms with Crippen LogP contribution in [0.4, 0.5) is 0 Å². The summed E-state index contributed by atoms with van der Waals surface area (Å²) in [6, 6.07) is 0. The molecule has 3 heteroatoms. The van der Waals surface area contributed by atoms with Gasteiger partial charge in [0.1, 0.15) is 0 Å². The molecular weight excluding hydrogens is 226 g/mol. The topological polar surface area (TPSA) is 32.7 Å². The van der Waals surface area contributed by atoms with Gasteiger partial charge in [-0.2, -0.15) is 0 Å². The van der Waals surface area contributed by atoms with E-state index in [4.69, 9.17) is 9.84 Å². The molecule has 0 aliphatic heterocycles. The van der Waals surface area contributed by atoms with E-state index in [9.17, 15) is 0 Å². The molecule has 0 radical (unpaired) electrons. The fraction of sp³-hybridized carbons (Fsp3) is 1.00. The van der Waals surface area contributed by atoms with E-state index in [2.05, 4.69) is 18.9 Å². The number of aliphatic hydroxyl groups is 1. The van der Waals surface area contributed by atoms with Crippen LogP contribution in [-0.4, -0.2) is 50.0 Å². The number of nitrogens with zero attached hydrogens (tertiary/aromatic N) is 1. The highest BCUT2D eigenvalue weighted by atomic mass is 16.5. The van der Waals surface area contributed by atoms with Gasteiger partial charge in [0.2, 0.25) is 0 Å². The van der Waals surface area contributed by atoms with Crippen LogP contribution < -0.4 is 0 Å². The minimum atomic E-state index is 0.127. The van der Waals surface area contributed by atoms with Gasteiger partial charge in [0, 0.05) is 6.54 Å². The first-order valence-electron chi connectivity index (χ1n) is 7.68. The van der Waals surface area contributed by atoms with E-state index in [1.165, 1.54) is 51.4 Å². The zero-order valence-corrected chi connectivity index (χ0v) is 12.5. The molecule has 0 spiro atoms. The number of rotatable bonds is 14. The fourth-order valence-corrected chi connectivity index (χ4v) is 2.01. The normalized spacial score (nSPS) is 11.3. The van der Waals surface area contributed by atoms with Gasteiger partial charge < -0.3 is 14.7 Å². The molecule has 110 valence electrons. The lowest BCUT2D eigenvalue weighted by Crippen LogP contribution is -2.24. The van der Waals surface area contributed by atoms with Crippen molar-refractivity contribution in [2.24, 2.45) is 0 Å². The summed E-state index contributed by atoms with van der Waals surface area (Å²) in [5, 5.41) is 8.57. The zero-order valence-electron chi connectivity index (χ0n) is 12.5. The Hall–Kier alpha value is -0.120. The molecule has 0 bridgehead atoms. The Labute approximate surface area is 114 Å². The first-order valence-corrected chi connectivity index (χ1v) is 7.68. The van der Waals surface area contributed by atoms with Crippen molar-refractivity contribution < 1.29 is 9.84 Å². The summed E-state index contributed by atoms with van der Waals surface area (Å²) in [7, 11) is 2.14. The van der Waals surface area contributed by atoms with E-state index in [-0.39, 0.29) is 6.61 Å². The van der Waals surface area contributed by atoms with Gasteiger partial charge in [-0.15, -0.1) is 0 Å². The minimum absolute atomic E-state index is 0.127. The first-order chi connectivity index (χ1) is 8.81. The van der Waals surface area contributed by atoms with Crippen molar-refractivity contribution in [1.29, 1.82) is 0 Å². The highest BCUT2D eigenvalue weighted by molar-refractivity contribution is 4.52. The Morgan fingerprint density at radius 2 is 1.44 bits per heavy atom. The Kier molecular flexibility index (Phi) is 14.8. The molecule has 0 heterocycles. The maximum Gasteiger partial charge on any atom is 0.0698 e. The SMILES string of the molecule is CCCCCCCCCCN(C)CCOCCO. The molecule has 18 heavy (non-hydrogen) atoms. The molecule has 3 nitrogen and oxygen atoms in total. The molecule has 0 fully saturated rings. The molecule has 1 N–H and O–H groups in total. The zero-order chi connectivity index (χ0) is 13.5. The lowest BCUT2D eigenvalue weighted by Gasteiger charge is -2.16. The molecule has 0 saturated carbocycles. The maximum atomic E-state index is 8.57. The predicted molar refractivity (Wildman–Crippen MR) is 78.0 cm³/mol. The summed E-state index contributed by atoms with van der Waals surface area (Å²) in [6.45, 7) is 5.72. The molecule has 0 rings (SSSR count). The van der Waals surface area contributed by atoms with E-state index in [1.54, 1.807) is 0 Å². The van der Waals surface area contributed by atoms with Crippen molar-refractivity contribution in [3.05, 3.63) is 0 Å². The van der Waals surface area contributed by atoms with Crippen LogP contribution in [0.25, 0.3) is 0 Å². The quantitative estimate of drug-likeness (QED) is 0.487. The summed E-state index contributed by atoms with van der Waals surface area (Å²) in [4.78, 5) is 2.31. The molecule has 0 aromatic heterocycles. The third-order valence-electron chi connectivity index (χ3n) is 3.25. The maximum absolute atomic E-state index is 8.57. The van der Waals surface area contributed by atoms with E-state index in [1.807, 2.05) is 0 Å². The van der Waals surface area contributed by atoms with Gasteiger partial charge in [-0.05, 0) is 20.0 Å². The predicted octanol–water partition coefficient (Wildman–Crippen LogP) is 3.07. The molecule has 0 aromatic carbocycles. The van der Waals surface area contributed by atoms with Crippen LogP contribution in [0.1, 0.15) is 58.3 Å². The molecule has 0 saturated heterocycles. The van der Waals surface area contributed by atoms with Crippen LogP contribution in [0.15, 0.2) is 0 Å². The molecule has 0 aromatic rings. The van der Waals surface area contributed by atoms with Crippen molar-refractivity contribution in [1.82, 2.24) is 4.90 Å². The van der Waals surface area contributed by atoms with Crippen molar-refractivity contribution in [2.45, 2.75) is 58.3 Å². The molecule has 0 unspecified atom stereocenters. The second-order valence-electron chi connectivity index (χ2n) is 5.11. The van der Waals surface area contributed by atoms with E-state index in [0.717, 1.165) is 19.7 Å². The summed E-state index contributed by atoms with van der Waals surface area (Å²) in [5.41, 5.74) is 0. The largest absolute Gasteiger partial charge is 0.394 e. The number of likely N-dealkylation sites (N-methyl/N-ethyl adjacent to an activating group) is 1. The fourth-order valence-electron chi connectivity index (χ4n) is 2.01. The Morgan fingerprint density at radius 3 is 2.06 bits per heavy atom. The van der Waals surface area contributed by atoms with Crippen molar-refractivity contribution in [3.63, 3.8) is 0 Å². The highest BCUT2D eigenvalue weighted by Crippen LogP contribution is 2.08. The molecule has 0 amide bonds. The van der Waals surface area contributed by atoms with Crippen LogP contribution in [0, 0.1) is 0 Å². The third-order valence-corrected chi connectivity index (χ3v) is 3.25. The van der Waals surface area contributed by atoms with Gasteiger partial charge in [-0.3, -0.25) is 0 Å². The standard InChI is InChI=1S/C15H33NO2/c1-3-4-5-6-7-8-9-10-11-16(2)12-14-18-15-13-17/h17H,3-15H2,1-2H3. The van der Waals surface area contributed by atoms with Gasteiger partial charge in [-0.1, -0.05) is 51.9 Å². The Balaban J connectivity index is 3.08. The van der Waals surface area contributed by atoms with Crippen LogP contribution >= 0.6 is 0 Å². The van der Waals surface area contributed by atoms with Crippen LogP contribution in [-0.2, 0) is 4.74 Å². The lowest BCUT2D eigenvalue weighted by atomic mass is 10.1. The van der Waals surface area contributed by atoms with Crippen molar-refractivity contribution >= 4 is 0 Å². The number of hydrogen-bond acceptors (Lipinski definition) is 3. The van der Waals surface area contributed by atoms with E-state index < -0.39 is 0 Å². The van der Waals surface area contributed by atoms with Crippen molar-refractivity contribution in [2.75, 3.05) is 40.0 Å². The van der Waals surface area contributed by atoms with Crippen molar-refractivity contribution in [3.8, 4) is 0 Å². The van der Waals surface area contributed by atoms with Gasteiger partial charge in [-0.25, -0.2) is 0 Å². The third kappa shape index (κ3) is 13.9. The summed E-state index contributed by atoms with van der Waals surface area (Å²) >= 11 is 0. The van der Waals surface area contributed by atoms with Crippen LogP contribution in [0.5, 0.6) is 0 Å². The second-order valence-corrected chi connectivity index (χ2v) is 5.11. The highest BCUT2D eigenvalue weighted by Gasteiger charge is 1.98. The average Bonchev–Trinajstić information content (AvgIpc) is 2.38. The second kappa shape index (κ2) is 14.9. The van der Waals surface area contributed by atoms with E-state index in [0.29, 0.717) is 6.61 Å². The molecule has 0 aliphatic carbocycles. The summed E-state index contributed by atoms with van der Waals surface area (Å²) in [5.74, 6) is 0. The van der Waals surface area contributed by atoms with Gasteiger partial charge in [0.25, 0.3) is 0 Å². The molecule has 0 aliphatic rings. The average molecular weight is 259 g/mol. The smallest absolute Gasteiger partial charge is 0.0698 e. The van der Waals surface area contributed by atoms with Crippen LogP contribution in [0.2, 0.25) is 0 Å². The molecular formula is C15H33NO2. The Bertz CT molecular complexity index is 153. The minimum Gasteiger partial charge on any atom is -0.394 e. The molecule has 0 atom stereocenters. The van der Waals surface area contributed by atoms with E-state index >= 15 is 0 Å². The summed E-state index contributed by atoms with van der Waals surface area (Å²) in [6.07, 6.45) is 11.0. The van der Waals surface area contributed by atoms with Gasteiger partial charge in [0.15, 0.2) is 0 Å². The first kappa shape index (κ1) is 17.9. The number of hydrogen-bond donors (Lipinski definition) is 1. The van der Waals surface area contributed by atoms with Gasteiger partial charge in [0.05, 0.1) is 19.8 Å².